The molecule has 0 aliphatic rings. The molecule has 0 aliphatic heterocycles. The minimum Gasteiger partial charge on any atom is -0.255 e. The lowest BCUT2D eigenvalue weighted by atomic mass is 10.2. The fourth-order valence-electron chi connectivity index (χ4n) is 1.83. The van der Waals surface area contributed by atoms with Crippen LogP contribution in [0.3, 0.4) is 0 Å². The molecule has 2 heterocycles. The number of hydrogen-bond acceptors (Lipinski definition) is 2. The largest absolute Gasteiger partial charge is 0.255 e. The van der Waals surface area contributed by atoms with Crippen LogP contribution in [-0.2, 0) is 0 Å². The van der Waals surface area contributed by atoms with E-state index in [0.717, 1.165) is 11.4 Å². The van der Waals surface area contributed by atoms with Gasteiger partial charge in [-0.1, -0.05) is 18.2 Å². The Morgan fingerprint density at radius 2 is 1.72 bits per heavy atom. The van der Waals surface area contributed by atoms with E-state index in [-0.39, 0.29) is 5.82 Å². The topological polar surface area (TPSA) is 30.7 Å². The van der Waals surface area contributed by atoms with Crippen LogP contribution in [0.5, 0.6) is 0 Å². The van der Waals surface area contributed by atoms with Crippen LogP contribution in [0.15, 0.2) is 60.9 Å². The number of benzene rings is 1. The van der Waals surface area contributed by atoms with E-state index in [9.17, 15) is 4.39 Å². The summed E-state index contributed by atoms with van der Waals surface area (Å²) in [6.45, 7) is 0. The van der Waals surface area contributed by atoms with E-state index in [4.69, 9.17) is 0 Å². The lowest BCUT2D eigenvalue weighted by Gasteiger charge is -2.07. The Labute approximate surface area is 104 Å². The summed E-state index contributed by atoms with van der Waals surface area (Å²) in [5.41, 5.74) is 1.95. The second-order valence-electron chi connectivity index (χ2n) is 3.79. The van der Waals surface area contributed by atoms with Gasteiger partial charge in [0.25, 0.3) is 0 Å². The van der Waals surface area contributed by atoms with Crippen molar-refractivity contribution < 1.29 is 4.39 Å². The number of para-hydroxylation sites is 1. The fraction of sp³-hybridized carbons (Fsp3) is 0. The molecule has 0 atom stereocenters. The van der Waals surface area contributed by atoms with Crippen molar-refractivity contribution in [2.75, 3.05) is 0 Å². The molecule has 0 aliphatic carbocycles. The summed E-state index contributed by atoms with van der Waals surface area (Å²) in [4.78, 5) is 4.25. The zero-order valence-electron chi connectivity index (χ0n) is 9.49. The predicted molar refractivity (Wildman–Crippen MR) is 66.8 cm³/mol. The molecule has 2 aromatic heterocycles. The van der Waals surface area contributed by atoms with Crippen LogP contribution in [-0.4, -0.2) is 14.8 Å². The van der Waals surface area contributed by atoms with Gasteiger partial charge in [-0.05, 0) is 30.3 Å². The van der Waals surface area contributed by atoms with Gasteiger partial charge >= 0.3 is 0 Å². The zero-order valence-corrected chi connectivity index (χ0v) is 9.49. The van der Waals surface area contributed by atoms with Crippen molar-refractivity contribution in [1.29, 1.82) is 0 Å². The molecule has 4 heteroatoms. The monoisotopic (exact) mass is 239 g/mol. The molecule has 0 bridgehead atoms. The van der Waals surface area contributed by atoms with Crippen molar-refractivity contribution in [1.82, 2.24) is 14.8 Å². The van der Waals surface area contributed by atoms with E-state index < -0.39 is 0 Å². The van der Waals surface area contributed by atoms with Crippen molar-refractivity contribution in [3.05, 3.63) is 66.7 Å². The van der Waals surface area contributed by atoms with E-state index in [0.29, 0.717) is 5.69 Å². The van der Waals surface area contributed by atoms with E-state index in [1.165, 1.54) is 6.07 Å². The zero-order chi connectivity index (χ0) is 12.4. The first-order valence-corrected chi connectivity index (χ1v) is 5.56. The minimum atomic E-state index is -0.307. The highest BCUT2D eigenvalue weighted by Crippen LogP contribution is 2.21. The Kier molecular flexibility index (Phi) is 2.61. The average Bonchev–Trinajstić information content (AvgIpc) is 2.89. The summed E-state index contributed by atoms with van der Waals surface area (Å²) in [6.07, 6.45) is 3.34. The van der Waals surface area contributed by atoms with Crippen LogP contribution in [0.4, 0.5) is 4.39 Å². The number of halogens is 1. The van der Waals surface area contributed by atoms with Crippen LogP contribution >= 0.6 is 0 Å². The average molecular weight is 239 g/mol. The Bertz CT molecular complexity index is 662. The maximum absolute atomic E-state index is 13.8. The molecule has 88 valence electrons. The van der Waals surface area contributed by atoms with Crippen LogP contribution < -0.4 is 0 Å². The van der Waals surface area contributed by atoms with Crippen molar-refractivity contribution in [3.63, 3.8) is 0 Å². The first-order chi connectivity index (χ1) is 8.86. The summed E-state index contributed by atoms with van der Waals surface area (Å²) < 4.78 is 15.3. The van der Waals surface area contributed by atoms with Gasteiger partial charge in [0.15, 0.2) is 0 Å². The highest BCUT2D eigenvalue weighted by atomic mass is 19.1. The molecule has 0 saturated carbocycles. The van der Waals surface area contributed by atoms with Crippen molar-refractivity contribution >= 4 is 0 Å². The van der Waals surface area contributed by atoms with Gasteiger partial charge in [-0.2, -0.15) is 5.10 Å². The van der Waals surface area contributed by atoms with Gasteiger partial charge in [0.2, 0.25) is 0 Å². The smallest absolute Gasteiger partial charge is 0.148 e. The van der Waals surface area contributed by atoms with Crippen LogP contribution in [0.2, 0.25) is 0 Å². The van der Waals surface area contributed by atoms with Crippen LogP contribution in [0.1, 0.15) is 0 Å². The highest BCUT2D eigenvalue weighted by molar-refractivity contribution is 5.57. The van der Waals surface area contributed by atoms with Crippen LogP contribution in [0.25, 0.3) is 17.1 Å². The second kappa shape index (κ2) is 4.41. The molecule has 0 unspecified atom stereocenters. The Morgan fingerprint density at radius 1 is 0.889 bits per heavy atom. The fourth-order valence-corrected chi connectivity index (χ4v) is 1.83. The number of pyridine rings is 1. The van der Waals surface area contributed by atoms with Crippen molar-refractivity contribution in [3.8, 4) is 17.1 Å². The number of nitrogens with zero attached hydrogens (tertiary/aromatic N) is 3. The number of aromatic nitrogens is 3. The third-order valence-corrected chi connectivity index (χ3v) is 2.65. The van der Waals surface area contributed by atoms with E-state index >= 15 is 0 Å². The molecule has 3 rings (SSSR count). The third-order valence-electron chi connectivity index (χ3n) is 2.65. The Morgan fingerprint density at radius 3 is 2.50 bits per heavy atom. The van der Waals surface area contributed by atoms with Gasteiger partial charge < -0.3 is 0 Å². The molecule has 0 fully saturated rings. The first-order valence-electron chi connectivity index (χ1n) is 5.56. The SMILES string of the molecule is Fc1ccccc1-n1nccc1-c1ccccn1. The molecule has 0 spiro atoms. The summed E-state index contributed by atoms with van der Waals surface area (Å²) in [5, 5.41) is 4.16. The molecule has 0 amide bonds. The van der Waals surface area contributed by atoms with Gasteiger partial charge in [0.1, 0.15) is 11.5 Å². The van der Waals surface area contributed by atoms with Crippen molar-refractivity contribution in [2.24, 2.45) is 0 Å². The third kappa shape index (κ3) is 1.78. The molecule has 0 saturated heterocycles. The van der Waals surface area contributed by atoms with E-state index in [2.05, 4.69) is 10.1 Å². The molecular formula is C14H10FN3. The lowest BCUT2D eigenvalue weighted by Crippen LogP contribution is -2.02. The van der Waals surface area contributed by atoms with Gasteiger partial charge in [-0.25, -0.2) is 9.07 Å². The molecule has 0 N–H and O–H groups in total. The molecule has 1 aromatic carbocycles. The molecule has 0 radical (unpaired) electrons. The lowest BCUT2D eigenvalue weighted by molar-refractivity contribution is 0.611. The van der Waals surface area contributed by atoms with Gasteiger partial charge in [0, 0.05) is 6.20 Å². The van der Waals surface area contributed by atoms with E-state index in [1.54, 1.807) is 35.3 Å². The summed E-state index contributed by atoms with van der Waals surface area (Å²) in [7, 11) is 0. The minimum absolute atomic E-state index is 0.307. The summed E-state index contributed by atoms with van der Waals surface area (Å²) in [6, 6.07) is 14.0. The molecule has 3 aromatic rings. The second-order valence-corrected chi connectivity index (χ2v) is 3.79. The number of rotatable bonds is 2. The maximum atomic E-state index is 13.8. The quantitative estimate of drug-likeness (QED) is 0.688. The molecular weight excluding hydrogens is 229 g/mol. The number of hydrogen-bond donors (Lipinski definition) is 0. The normalized spacial score (nSPS) is 10.5. The standard InChI is InChI=1S/C14H10FN3/c15-11-5-1-2-7-13(11)18-14(8-10-17-18)12-6-3-4-9-16-12/h1-10H. The summed E-state index contributed by atoms with van der Waals surface area (Å²) in [5.74, 6) is -0.307. The van der Waals surface area contributed by atoms with Crippen molar-refractivity contribution in [2.45, 2.75) is 0 Å². The van der Waals surface area contributed by atoms with Gasteiger partial charge in [-0.3, -0.25) is 4.98 Å². The molecule has 3 nitrogen and oxygen atoms in total. The first kappa shape index (κ1) is 10.7. The maximum Gasteiger partial charge on any atom is 0.148 e. The Hall–Kier alpha value is -2.49. The van der Waals surface area contributed by atoms with Gasteiger partial charge in [-0.15, -0.1) is 0 Å². The Balaban J connectivity index is 2.16. The van der Waals surface area contributed by atoms with E-state index in [1.807, 2.05) is 24.3 Å². The highest BCUT2D eigenvalue weighted by Gasteiger charge is 2.10. The predicted octanol–water partition coefficient (Wildman–Crippen LogP) is 3.07. The summed E-state index contributed by atoms with van der Waals surface area (Å²) >= 11 is 0. The molecule has 18 heavy (non-hydrogen) atoms. The van der Waals surface area contributed by atoms with Gasteiger partial charge in [0.05, 0.1) is 17.6 Å². The van der Waals surface area contributed by atoms with Crippen LogP contribution in [0, 0.1) is 5.82 Å².